The van der Waals surface area contributed by atoms with Crippen LogP contribution in [0.25, 0.3) is 5.69 Å². The predicted molar refractivity (Wildman–Crippen MR) is 111 cm³/mol. The van der Waals surface area contributed by atoms with Crippen LogP contribution in [0.5, 0.6) is 0 Å². The van der Waals surface area contributed by atoms with Crippen molar-refractivity contribution in [1.82, 2.24) is 19.3 Å². The van der Waals surface area contributed by atoms with Gasteiger partial charge in [0, 0.05) is 30.2 Å². The lowest BCUT2D eigenvalue weighted by molar-refractivity contribution is -0.141. The minimum Gasteiger partial charge on any atom is -0.396 e. The van der Waals surface area contributed by atoms with E-state index < -0.39 is 18.0 Å². The predicted octanol–water partition coefficient (Wildman–Crippen LogP) is 5.31. The fourth-order valence-corrected chi connectivity index (χ4v) is 3.98. The van der Waals surface area contributed by atoms with Crippen LogP contribution in [-0.4, -0.2) is 31.0 Å². The summed E-state index contributed by atoms with van der Waals surface area (Å²) in [6.45, 7) is 1.33. The van der Waals surface area contributed by atoms with Gasteiger partial charge in [-0.2, -0.15) is 18.3 Å². The second kappa shape index (κ2) is 8.55. The van der Waals surface area contributed by atoms with E-state index in [2.05, 4.69) is 15.4 Å². The molecule has 4 rings (SSSR count). The molecule has 0 saturated heterocycles. The third-order valence-corrected chi connectivity index (χ3v) is 5.89. The maximum Gasteiger partial charge on any atom is 0.434 e. The highest BCUT2D eigenvalue weighted by atomic mass is 35.5. The van der Waals surface area contributed by atoms with Crippen molar-refractivity contribution in [3.63, 3.8) is 0 Å². The lowest BCUT2D eigenvalue weighted by Gasteiger charge is -2.29. The van der Waals surface area contributed by atoms with Crippen molar-refractivity contribution in [2.75, 3.05) is 11.9 Å². The van der Waals surface area contributed by atoms with Crippen LogP contribution < -0.4 is 5.32 Å². The second-order valence-electron chi connectivity index (χ2n) is 7.71. The molecule has 31 heavy (non-hydrogen) atoms. The molecule has 1 aromatic carbocycles. The van der Waals surface area contributed by atoms with E-state index in [1.165, 1.54) is 11.5 Å². The number of benzene rings is 1. The Bertz CT molecular complexity index is 1040. The number of hydrogen-bond acceptors (Lipinski definition) is 4. The summed E-state index contributed by atoms with van der Waals surface area (Å²) in [5.74, 6) is 0.513. The minimum atomic E-state index is -4.53. The fourth-order valence-electron chi connectivity index (χ4n) is 3.85. The third kappa shape index (κ3) is 4.43. The fraction of sp³-hybridized carbons (Fsp3) is 0.429. The van der Waals surface area contributed by atoms with Gasteiger partial charge in [-0.15, -0.1) is 0 Å². The molecule has 1 unspecified atom stereocenters. The average Bonchev–Trinajstić information content (AvgIpc) is 3.25. The van der Waals surface area contributed by atoms with E-state index in [1.54, 1.807) is 18.3 Å². The van der Waals surface area contributed by atoms with Gasteiger partial charge < -0.3 is 15.0 Å². The molecule has 1 atom stereocenters. The summed E-state index contributed by atoms with van der Waals surface area (Å²) in [5, 5.41) is 18.0. The van der Waals surface area contributed by atoms with Gasteiger partial charge in [-0.25, -0.2) is 9.67 Å². The summed E-state index contributed by atoms with van der Waals surface area (Å²) in [6, 6.07) is 7.33. The van der Waals surface area contributed by atoms with Gasteiger partial charge in [0.05, 0.1) is 23.3 Å². The Morgan fingerprint density at radius 2 is 1.97 bits per heavy atom. The second-order valence-corrected chi connectivity index (χ2v) is 8.15. The van der Waals surface area contributed by atoms with E-state index in [0.29, 0.717) is 10.9 Å². The van der Waals surface area contributed by atoms with Crippen LogP contribution in [0.1, 0.15) is 55.0 Å². The van der Waals surface area contributed by atoms with Crippen molar-refractivity contribution in [2.45, 2.75) is 50.9 Å². The molecule has 1 fully saturated rings. The quantitative estimate of drug-likeness (QED) is 0.508. The number of aliphatic hydroxyl groups is 1. The summed E-state index contributed by atoms with van der Waals surface area (Å²) in [4.78, 5) is 3.66. The number of aryl methyl sites for hydroxylation is 1. The van der Waals surface area contributed by atoms with Crippen LogP contribution in [0.2, 0.25) is 5.02 Å². The lowest BCUT2D eigenvalue weighted by Crippen LogP contribution is -2.22. The molecule has 2 N–H and O–H groups in total. The molecule has 10 heteroatoms. The Morgan fingerprint density at radius 1 is 1.26 bits per heavy atom. The molecule has 2 heterocycles. The number of aliphatic hydroxyl groups excluding tert-OH is 1. The van der Waals surface area contributed by atoms with E-state index in [-0.39, 0.29) is 18.9 Å². The molecule has 0 amide bonds. The van der Waals surface area contributed by atoms with Gasteiger partial charge in [0.25, 0.3) is 0 Å². The number of hydrogen-bond donors (Lipinski definition) is 2. The first-order chi connectivity index (χ1) is 14.8. The van der Waals surface area contributed by atoms with Crippen LogP contribution in [-0.2, 0) is 6.18 Å². The maximum absolute atomic E-state index is 13.1. The zero-order valence-electron chi connectivity index (χ0n) is 16.9. The molecule has 1 aliphatic rings. The lowest BCUT2D eigenvalue weighted by atomic mass is 9.82. The average molecular weight is 454 g/mol. The number of aromatic nitrogens is 4. The van der Waals surface area contributed by atoms with Gasteiger partial charge in [0.15, 0.2) is 5.69 Å². The van der Waals surface area contributed by atoms with Crippen LogP contribution in [0.3, 0.4) is 0 Å². The first kappa shape index (κ1) is 21.7. The Hall–Kier alpha value is -2.52. The highest BCUT2D eigenvalue weighted by Gasteiger charge is 2.35. The van der Waals surface area contributed by atoms with Crippen LogP contribution in [0.15, 0.2) is 36.7 Å². The van der Waals surface area contributed by atoms with Crippen molar-refractivity contribution in [1.29, 1.82) is 0 Å². The van der Waals surface area contributed by atoms with Gasteiger partial charge in [-0.05, 0) is 44.0 Å². The highest BCUT2D eigenvalue weighted by molar-refractivity contribution is 6.30. The monoisotopic (exact) mass is 453 g/mol. The number of anilines is 1. The molecular weight excluding hydrogens is 431 g/mol. The molecule has 2 aromatic heterocycles. The molecule has 1 saturated carbocycles. The largest absolute Gasteiger partial charge is 0.434 e. The first-order valence-corrected chi connectivity index (χ1v) is 10.5. The van der Waals surface area contributed by atoms with E-state index in [9.17, 15) is 18.3 Å². The van der Waals surface area contributed by atoms with Crippen LogP contribution in [0, 0.1) is 6.92 Å². The SMILES string of the molecule is Cc1nc(C(F)(F)F)cn1C(CCO)Nc1cnn(-c2ccc(Cl)cc2)c1C1CCC1. The zero-order chi connectivity index (χ0) is 22.2. The van der Waals surface area contributed by atoms with Crippen molar-refractivity contribution in [3.05, 3.63) is 58.9 Å². The Labute approximate surface area is 182 Å². The molecule has 3 aromatic rings. The smallest absolute Gasteiger partial charge is 0.396 e. The van der Waals surface area contributed by atoms with Gasteiger partial charge in [-0.1, -0.05) is 18.0 Å². The molecule has 0 radical (unpaired) electrons. The molecule has 0 bridgehead atoms. The van der Waals surface area contributed by atoms with Crippen LogP contribution in [0.4, 0.5) is 18.9 Å². The highest BCUT2D eigenvalue weighted by Crippen LogP contribution is 2.41. The Balaban J connectivity index is 1.70. The number of alkyl halides is 3. The standard InChI is InChI=1S/C21H23ClF3N5O/c1-13-27-18(21(23,24)25)12-29(13)19(9-10-31)28-17-11-26-30(20(17)14-3-2-4-14)16-7-5-15(22)6-8-16/h5-8,11-12,14,19,28,31H,2-4,9-10H2,1H3. The summed E-state index contributed by atoms with van der Waals surface area (Å²) in [6.07, 6.45) is 0.892. The van der Waals surface area contributed by atoms with Gasteiger partial charge in [0.1, 0.15) is 12.0 Å². The number of nitrogens with one attached hydrogen (secondary N) is 1. The Morgan fingerprint density at radius 3 is 2.52 bits per heavy atom. The molecule has 6 nitrogen and oxygen atoms in total. The summed E-state index contributed by atoms with van der Waals surface area (Å²) in [5.41, 5.74) is 1.62. The van der Waals surface area contributed by atoms with Gasteiger partial charge in [0.2, 0.25) is 0 Å². The van der Waals surface area contributed by atoms with Gasteiger partial charge >= 0.3 is 6.18 Å². The van der Waals surface area contributed by atoms with Crippen molar-refractivity contribution >= 4 is 17.3 Å². The first-order valence-electron chi connectivity index (χ1n) is 10.1. The topological polar surface area (TPSA) is 67.9 Å². The third-order valence-electron chi connectivity index (χ3n) is 5.64. The van der Waals surface area contributed by atoms with Crippen molar-refractivity contribution in [3.8, 4) is 5.69 Å². The molecule has 1 aliphatic carbocycles. The minimum absolute atomic E-state index is 0.194. The van der Waals surface area contributed by atoms with E-state index >= 15 is 0 Å². The number of nitrogens with zero attached hydrogens (tertiary/aromatic N) is 4. The molecule has 166 valence electrons. The van der Waals surface area contributed by atoms with E-state index in [4.69, 9.17) is 11.6 Å². The number of imidazole rings is 1. The number of rotatable bonds is 7. The van der Waals surface area contributed by atoms with E-state index in [0.717, 1.165) is 42.5 Å². The normalized spacial score (nSPS) is 15.7. The van der Waals surface area contributed by atoms with E-state index in [1.807, 2.05) is 16.8 Å². The van der Waals surface area contributed by atoms with Gasteiger partial charge in [-0.3, -0.25) is 0 Å². The van der Waals surface area contributed by atoms with Crippen molar-refractivity contribution in [2.24, 2.45) is 0 Å². The molecule has 0 spiro atoms. The van der Waals surface area contributed by atoms with Crippen molar-refractivity contribution < 1.29 is 18.3 Å². The van der Waals surface area contributed by atoms with Crippen LogP contribution >= 0.6 is 11.6 Å². The molecule has 0 aliphatic heterocycles. The molecular formula is C21H23ClF3N5O. The summed E-state index contributed by atoms with van der Waals surface area (Å²) >= 11 is 6.01. The summed E-state index contributed by atoms with van der Waals surface area (Å²) < 4.78 is 42.7. The maximum atomic E-state index is 13.1. The summed E-state index contributed by atoms with van der Waals surface area (Å²) in [7, 11) is 0. The number of halogens is 4. The zero-order valence-corrected chi connectivity index (χ0v) is 17.7. The Kier molecular flexibility index (Phi) is 5.98.